The van der Waals surface area contributed by atoms with Crippen molar-refractivity contribution in [3.8, 4) is 0 Å². The summed E-state index contributed by atoms with van der Waals surface area (Å²) in [5.41, 5.74) is -1.08. The summed E-state index contributed by atoms with van der Waals surface area (Å²) in [7, 11) is 0. The summed E-state index contributed by atoms with van der Waals surface area (Å²) < 4.78 is 39.2. The number of halogens is 3. The molecule has 9 heteroatoms. The summed E-state index contributed by atoms with van der Waals surface area (Å²) in [5, 5.41) is 5.48. The van der Waals surface area contributed by atoms with E-state index in [4.69, 9.17) is 0 Å². The third-order valence-electron chi connectivity index (χ3n) is 5.68. The highest BCUT2D eigenvalue weighted by Gasteiger charge is 2.33. The number of amides is 2. The highest BCUT2D eigenvalue weighted by molar-refractivity contribution is 5.93. The van der Waals surface area contributed by atoms with Gasteiger partial charge in [0.15, 0.2) is 0 Å². The summed E-state index contributed by atoms with van der Waals surface area (Å²) >= 11 is 0. The van der Waals surface area contributed by atoms with Crippen molar-refractivity contribution in [1.29, 1.82) is 0 Å². The summed E-state index contributed by atoms with van der Waals surface area (Å²) in [5.74, 6) is -0.438. The molecule has 2 aliphatic rings. The largest absolute Gasteiger partial charge is 0.418 e. The van der Waals surface area contributed by atoms with Gasteiger partial charge in [-0.05, 0) is 25.0 Å². The van der Waals surface area contributed by atoms with Crippen LogP contribution >= 0.6 is 0 Å². The topological polar surface area (TPSA) is 64.7 Å². The number of alkyl halides is 3. The minimum absolute atomic E-state index is 0.0221. The molecule has 0 aromatic heterocycles. The first-order chi connectivity index (χ1) is 14.3. The number of carbonyl (C=O) groups is 2. The van der Waals surface area contributed by atoms with Gasteiger partial charge in [0.05, 0.1) is 24.3 Å². The number of nitrogens with one attached hydrogen (secondary N) is 2. The van der Waals surface area contributed by atoms with E-state index < -0.39 is 17.6 Å². The maximum Gasteiger partial charge on any atom is 0.418 e. The number of para-hydroxylation sites is 1. The Kier molecular flexibility index (Phi) is 7.71. The van der Waals surface area contributed by atoms with E-state index in [0.717, 1.165) is 18.9 Å². The predicted octanol–water partition coefficient (Wildman–Crippen LogP) is 2.71. The molecule has 30 heavy (non-hydrogen) atoms. The number of piperazine rings is 1. The Hall–Kier alpha value is -2.13. The number of nitrogens with zero attached hydrogens (tertiary/aromatic N) is 2. The molecule has 6 nitrogen and oxygen atoms in total. The van der Waals surface area contributed by atoms with Crippen LogP contribution in [0.15, 0.2) is 24.3 Å². The number of hydrogen-bond acceptors (Lipinski definition) is 4. The molecule has 2 amide bonds. The van der Waals surface area contributed by atoms with Crippen molar-refractivity contribution in [2.24, 2.45) is 0 Å². The summed E-state index contributed by atoms with van der Waals surface area (Å²) in [6.07, 6.45) is 1.15. The minimum atomic E-state index is -4.52. The molecule has 0 atom stereocenters. The zero-order valence-corrected chi connectivity index (χ0v) is 17.0. The van der Waals surface area contributed by atoms with E-state index in [1.54, 1.807) is 0 Å². The predicted molar refractivity (Wildman–Crippen MR) is 108 cm³/mol. The normalized spacial score (nSPS) is 19.4. The second kappa shape index (κ2) is 10.3. The fourth-order valence-electron chi connectivity index (χ4n) is 4.06. The molecule has 2 N–H and O–H groups in total. The SMILES string of the molecule is O=C(CN1CCN(CC(=O)NC2CCCCC2)CC1)Nc1ccccc1C(F)(F)F. The van der Waals surface area contributed by atoms with Crippen LogP contribution in [0.25, 0.3) is 0 Å². The van der Waals surface area contributed by atoms with Crippen LogP contribution in [-0.2, 0) is 15.8 Å². The van der Waals surface area contributed by atoms with Gasteiger partial charge in [0.25, 0.3) is 0 Å². The van der Waals surface area contributed by atoms with E-state index >= 15 is 0 Å². The highest BCUT2D eigenvalue weighted by atomic mass is 19.4. The van der Waals surface area contributed by atoms with Gasteiger partial charge in [-0.15, -0.1) is 0 Å². The summed E-state index contributed by atoms with van der Waals surface area (Å²) in [6, 6.07) is 5.25. The molecule has 0 radical (unpaired) electrons. The lowest BCUT2D eigenvalue weighted by atomic mass is 9.95. The van der Waals surface area contributed by atoms with E-state index in [9.17, 15) is 22.8 Å². The first kappa shape index (κ1) is 22.6. The van der Waals surface area contributed by atoms with Crippen LogP contribution in [0.2, 0.25) is 0 Å². The van der Waals surface area contributed by atoms with Crippen molar-refractivity contribution >= 4 is 17.5 Å². The molecular weight excluding hydrogens is 397 g/mol. The zero-order valence-electron chi connectivity index (χ0n) is 17.0. The molecule has 1 aromatic rings. The van der Waals surface area contributed by atoms with Gasteiger partial charge in [0.1, 0.15) is 0 Å². The monoisotopic (exact) mass is 426 g/mol. The van der Waals surface area contributed by atoms with Crippen molar-refractivity contribution in [1.82, 2.24) is 15.1 Å². The van der Waals surface area contributed by atoms with Gasteiger partial charge in [-0.1, -0.05) is 31.4 Å². The van der Waals surface area contributed by atoms with Crippen molar-refractivity contribution < 1.29 is 22.8 Å². The average Bonchev–Trinajstić information content (AvgIpc) is 2.70. The third kappa shape index (κ3) is 6.70. The number of hydrogen-bond donors (Lipinski definition) is 2. The van der Waals surface area contributed by atoms with Crippen LogP contribution in [0.5, 0.6) is 0 Å². The molecular formula is C21H29F3N4O2. The number of benzene rings is 1. The van der Waals surface area contributed by atoms with Crippen molar-refractivity contribution in [3.05, 3.63) is 29.8 Å². The molecule has 1 saturated heterocycles. The average molecular weight is 426 g/mol. The minimum Gasteiger partial charge on any atom is -0.352 e. The summed E-state index contributed by atoms with van der Waals surface area (Å²) in [4.78, 5) is 28.4. The van der Waals surface area contributed by atoms with Gasteiger partial charge in [-0.2, -0.15) is 13.2 Å². The van der Waals surface area contributed by atoms with Gasteiger partial charge < -0.3 is 10.6 Å². The van der Waals surface area contributed by atoms with Crippen LogP contribution in [0.3, 0.4) is 0 Å². The molecule has 1 aliphatic heterocycles. The van der Waals surface area contributed by atoms with Crippen molar-refractivity contribution in [3.63, 3.8) is 0 Å². The van der Waals surface area contributed by atoms with E-state index in [0.29, 0.717) is 32.7 Å². The van der Waals surface area contributed by atoms with Gasteiger partial charge >= 0.3 is 6.18 Å². The first-order valence-electron chi connectivity index (χ1n) is 10.5. The van der Waals surface area contributed by atoms with Crippen LogP contribution in [0, 0.1) is 0 Å². The standard InChI is InChI=1S/C21H29F3N4O2/c22-21(23,24)17-8-4-5-9-18(17)26-20(30)15-28-12-10-27(11-13-28)14-19(29)25-16-6-2-1-3-7-16/h4-5,8-9,16H,1-3,6-7,10-15H2,(H,25,29)(H,26,30). The van der Waals surface area contributed by atoms with E-state index in [1.807, 2.05) is 9.80 Å². The Balaban J connectivity index is 1.40. The van der Waals surface area contributed by atoms with E-state index in [-0.39, 0.29) is 24.2 Å². The Morgan fingerprint density at radius 3 is 2.07 bits per heavy atom. The molecule has 2 fully saturated rings. The molecule has 3 rings (SSSR count). The molecule has 1 heterocycles. The van der Waals surface area contributed by atoms with Crippen molar-refractivity contribution in [2.45, 2.75) is 44.3 Å². The van der Waals surface area contributed by atoms with Gasteiger partial charge in [-0.25, -0.2) is 0 Å². The Labute approximate surface area is 174 Å². The van der Waals surface area contributed by atoms with E-state index in [2.05, 4.69) is 10.6 Å². The molecule has 166 valence electrons. The third-order valence-corrected chi connectivity index (χ3v) is 5.68. The van der Waals surface area contributed by atoms with Crippen LogP contribution in [0.1, 0.15) is 37.7 Å². The Morgan fingerprint density at radius 1 is 0.900 bits per heavy atom. The molecule has 1 aliphatic carbocycles. The lowest BCUT2D eigenvalue weighted by Crippen LogP contribution is -2.51. The zero-order chi connectivity index (χ0) is 21.6. The number of carbonyl (C=O) groups excluding carboxylic acids is 2. The maximum atomic E-state index is 13.1. The Bertz CT molecular complexity index is 727. The van der Waals surface area contributed by atoms with Gasteiger partial charge in [-0.3, -0.25) is 19.4 Å². The quantitative estimate of drug-likeness (QED) is 0.734. The number of anilines is 1. The molecule has 1 aromatic carbocycles. The summed E-state index contributed by atoms with van der Waals surface area (Å²) in [6.45, 7) is 2.83. The Morgan fingerprint density at radius 2 is 1.47 bits per heavy atom. The fraction of sp³-hybridized carbons (Fsp3) is 0.619. The van der Waals surface area contributed by atoms with E-state index in [1.165, 1.54) is 37.5 Å². The van der Waals surface area contributed by atoms with Crippen molar-refractivity contribution in [2.75, 3.05) is 44.6 Å². The van der Waals surface area contributed by atoms with Gasteiger partial charge in [0.2, 0.25) is 11.8 Å². The van der Waals surface area contributed by atoms with Crippen LogP contribution in [0.4, 0.5) is 18.9 Å². The smallest absolute Gasteiger partial charge is 0.352 e. The van der Waals surface area contributed by atoms with Gasteiger partial charge in [0, 0.05) is 32.2 Å². The van der Waals surface area contributed by atoms with Crippen LogP contribution in [-0.4, -0.2) is 66.9 Å². The number of rotatable bonds is 6. The van der Waals surface area contributed by atoms with Crippen LogP contribution < -0.4 is 10.6 Å². The fourth-order valence-corrected chi connectivity index (χ4v) is 4.06. The first-order valence-corrected chi connectivity index (χ1v) is 10.5. The lowest BCUT2D eigenvalue weighted by molar-refractivity contribution is -0.137. The molecule has 0 bridgehead atoms. The lowest BCUT2D eigenvalue weighted by Gasteiger charge is -2.34. The molecule has 1 saturated carbocycles. The molecule has 0 spiro atoms. The molecule has 0 unspecified atom stereocenters. The highest BCUT2D eigenvalue weighted by Crippen LogP contribution is 2.34. The maximum absolute atomic E-state index is 13.1. The second-order valence-corrected chi connectivity index (χ2v) is 8.05. The second-order valence-electron chi connectivity index (χ2n) is 8.05.